The van der Waals surface area contributed by atoms with Gasteiger partial charge in [-0.1, -0.05) is 154 Å². The standard InChI is InChI=1S/C38H74O4/c1(3-5-7-9-11-13-15-17-19-21-23-27-33-39-37-31-25-29-35-41-37)2-4-6-8-10-12-14-16-18-20-22-24-28-34-40-38-32-26-30-36-42-38/h37-38H,1-36H2. The van der Waals surface area contributed by atoms with Crippen LogP contribution in [0, 0.1) is 0 Å². The van der Waals surface area contributed by atoms with Crippen molar-refractivity contribution in [3.63, 3.8) is 0 Å². The second kappa shape index (κ2) is 30.8. The molecule has 42 heavy (non-hydrogen) atoms. The molecule has 250 valence electrons. The van der Waals surface area contributed by atoms with E-state index in [1.807, 2.05) is 0 Å². The Hall–Kier alpha value is -0.160. The van der Waals surface area contributed by atoms with Gasteiger partial charge in [0, 0.05) is 26.4 Å². The summed E-state index contributed by atoms with van der Waals surface area (Å²) >= 11 is 0. The first-order chi connectivity index (χ1) is 20.9. The van der Waals surface area contributed by atoms with Crippen LogP contribution in [0.15, 0.2) is 0 Å². The number of rotatable bonds is 31. The maximum atomic E-state index is 5.83. The van der Waals surface area contributed by atoms with Crippen molar-refractivity contribution in [3.05, 3.63) is 0 Å². The smallest absolute Gasteiger partial charge is 0.157 e. The predicted molar refractivity (Wildman–Crippen MR) is 179 cm³/mol. The van der Waals surface area contributed by atoms with Gasteiger partial charge in [0.1, 0.15) is 0 Å². The fourth-order valence-corrected chi connectivity index (χ4v) is 6.56. The van der Waals surface area contributed by atoms with Crippen LogP contribution in [-0.2, 0) is 18.9 Å². The number of hydrogen-bond acceptors (Lipinski definition) is 4. The van der Waals surface area contributed by atoms with E-state index in [0.29, 0.717) is 0 Å². The molecule has 2 heterocycles. The van der Waals surface area contributed by atoms with Gasteiger partial charge in [-0.15, -0.1) is 0 Å². The summed E-state index contributed by atoms with van der Waals surface area (Å²) in [4.78, 5) is 0. The molecule has 2 saturated heterocycles. The number of hydrogen-bond donors (Lipinski definition) is 0. The van der Waals surface area contributed by atoms with E-state index in [0.717, 1.165) is 39.3 Å². The minimum atomic E-state index is 0.0957. The van der Waals surface area contributed by atoms with Crippen molar-refractivity contribution in [1.82, 2.24) is 0 Å². The molecule has 2 aliphatic heterocycles. The van der Waals surface area contributed by atoms with Crippen LogP contribution in [0.25, 0.3) is 0 Å². The maximum absolute atomic E-state index is 5.83. The predicted octanol–water partition coefficient (Wildman–Crippen LogP) is 12.2. The topological polar surface area (TPSA) is 36.9 Å². The van der Waals surface area contributed by atoms with Crippen LogP contribution < -0.4 is 0 Å². The Kier molecular flexibility index (Phi) is 27.9. The van der Waals surface area contributed by atoms with E-state index >= 15 is 0 Å². The molecule has 0 amide bonds. The van der Waals surface area contributed by atoms with Crippen molar-refractivity contribution in [2.45, 2.75) is 218 Å². The molecule has 2 fully saturated rings. The van der Waals surface area contributed by atoms with Crippen molar-refractivity contribution in [2.75, 3.05) is 26.4 Å². The highest BCUT2D eigenvalue weighted by Gasteiger charge is 2.14. The monoisotopic (exact) mass is 595 g/mol. The molecule has 0 N–H and O–H groups in total. The molecule has 4 heteroatoms. The lowest BCUT2D eigenvalue weighted by Gasteiger charge is -2.22. The molecule has 0 aromatic heterocycles. The number of unbranched alkanes of at least 4 members (excludes halogenated alkanes) is 25. The van der Waals surface area contributed by atoms with Crippen molar-refractivity contribution in [3.8, 4) is 0 Å². The van der Waals surface area contributed by atoms with Crippen molar-refractivity contribution in [1.29, 1.82) is 0 Å². The highest BCUT2D eigenvalue weighted by molar-refractivity contribution is 4.56. The molecule has 0 aromatic carbocycles. The highest BCUT2D eigenvalue weighted by atomic mass is 16.7. The number of ether oxygens (including phenoxy) is 4. The van der Waals surface area contributed by atoms with Crippen LogP contribution in [-0.4, -0.2) is 39.0 Å². The summed E-state index contributed by atoms with van der Waals surface area (Å²) in [6, 6.07) is 0. The summed E-state index contributed by atoms with van der Waals surface area (Å²) in [5, 5.41) is 0. The first-order valence-corrected chi connectivity index (χ1v) is 19.4. The van der Waals surface area contributed by atoms with E-state index < -0.39 is 0 Å². The zero-order valence-electron chi connectivity index (χ0n) is 28.2. The van der Waals surface area contributed by atoms with Crippen molar-refractivity contribution in [2.24, 2.45) is 0 Å². The Morgan fingerprint density at radius 3 is 0.762 bits per heavy atom. The van der Waals surface area contributed by atoms with Gasteiger partial charge in [0.15, 0.2) is 12.6 Å². The van der Waals surface area contributed by atoms with Crippen molar-refractivity contribution < 1.29 is 18.9 Å². The fourth-order valence-electron chi connectivity index (χ4n) is 6.56. The molecule has 0 bridgehead atoms. The van der Waals surface area contributed by atoms with Gasteiger partial charge in [-0.25, -0.2) is 0 Å². The quantitative estimate of drug-likeness (QED) is 0.0748. The minimum absolute atomic E-state index is 0.0957. The molecule has 2 unspecified atom stereocenters. The van der Waals surface area contributed by atoms with Gasteiger partial charge in [-0.05, 0) is 51.4 Å². The summed E-state index contributed by atoms with van der Waals surface area (Å²) < 4.78 is 22.9. The Bertz CT molecular complexity index is 469. The fraction of sp³-hybridized carbons (Fsp3) is 1.00. The lowest BCUT2D eigenvalue weighted by atomic mass is 10.0. The first kappa shape index (κ1) is 38.0. The molecule has 2 aliphatic rings. The zero-order chi connectivity index (χ0) is 29.4. The highest BCUT2D eigenvalue weighted by Crippen LogP contribution is 2.18. The van der Waals surface area contributed by atoms with E-state index in [2.05, 4.69) is 0 Å². The average molecular weight is 595 g/mol. The van der Waals surface area contributed by atoms with Crippen molar-refractivity contribution >= 4 is 0 Å². The SMILES string of the molecule is C(CCCCCCCCCCCCCCOC1CCCCO1)CCCCCCCCCCCCCOC1CCCCO1. The van der Waals surface area contributed by atoms with Gasteiger partial charge in [0.05, 0.1) is 0 Å². The molecule has 0 spiro atoms. The van der Waals surface area contributed by atoms with E-state index in [1.165, 1.54) is 193 Å². The summed E-state index contributed by atoms with van der Waals surface area (Å²) in [5.41, 5.74) is 0. The van der Waals surface area contributed by atoms with Crippen LogP contribution in [0.2, 0.25) is 0 Å². The molecule has 0 aliphatic carbocycles. The van der Waals surface area contributed by atoms with Gasteiger partial charge in [-0.2, -0.15) is 0 Å². The van der Waals surface area contributed by atoms with Gasteiger partial charge in [-0.3, -0.25) is 0 Å². The summed E-state index contributed by atoms with van der Waals surface area (Å²) in [6.07, 6.45) is 44.2. The molecule has 2 atom stereocenters. The zero-order valence-corrected chi connectivity index (χ0v) is 28.2. The lowest BCUT2D eigenvalue weighted by molar-refractivity contribution is -0.163. The minimum Gasteiger partial charge on any atom is -0.353 e. The van der Waals surface area contributed by atoms with E-state index in [4.69, 9.17) is 18.9 Å². The summed E-state index contributed by atoms with van der Waals surface area (Å²) in [7, 11) is 0. The molecular weight excluding hydrogens is 520 g/mol. The summed E-state index contributed by atoms with van der Waals surface area (Å²) in [6.45, 7) is 3.56. The third-order valence-electron chi connectivity index (χ3n) is 9.42. The average Bonchev–Trinajstić information content (AvgIpc) is 3.03. The molecular formula is C38H74O4. The second-order valence-electron chi connectivity index (χ2n) is 13.5. The van der Waals surface area contributed by atoms with Gasteiger partial charge in [0.2, 0.25) is 0 Å². The van der Waals surface area contributed by atoms with E-state index in [9.17, 15) is 0 Å². The normalized spacial score (nSPS) is 19.4. The van der Waals surface area contributed by atoms with Gasteiger partial charge >= 0.3 is 0 Å². The summed E-state index contributed by atoms with van der Waals surface area (Å²) in [5.74, 6) is 0. The molecule has 2 rings (SSSR count). The third kappa shape index (κ3) is 25.2. The van der Waals surface area contributed by atoms with Crippen LogP contribution in [0.3, 0.4) is 0 Å². The van der Waals surface area contributed by atoms with Gasteiger partial charge in [0.25, 0.3) is 0 Å². The Morgan fingerprint density at radius 1 is 0.310 bits per heavy atom. The van der Waals surface area contributed by atoms with E-state index in [1.54, 1.807) is 0 Å². The molecule has 0 radical (unpaired) electrons. The van der Waals surface area contributed by atoms with Crippen LogP contribution in [0.1, 0.15) is 205 Å². The molecule has 0 aromatic rings. The second-order valence-corrected chi connectivity index (χ2v) is 13.5. The lowest BCUT2D eigenvalue weighted by Crippen LogP contribution is -2.22. The third-order valence-corrected chi connectivity index (χ3v) is 9.42. The van der Waals surface area contributed by atoms with E-state index in [-0.39, 0.29) is 12.6 Å². The maximum Gasteiger partial charge on any atom is 0.157 e. The van der Waals surface area contributed by atoms with Crippen LogP contribution in [0.4, 0.5) is 0 Å². The first-order valence-electron chi connectivity index (χ1n) is 19.4. The molecule has 0 saturated carbocycles. The van der Waals surface area contributed by atoms with Crippen LogP contribution in [0.5, 0.6) is 0 Å². The Balaban J connectivity index is 1.13. The Morgan fingerprint density at radius 2 is 0.548 bits per heavy atom. The Labute approximate surface area is 263 Å². The largest absolute Gasteiger partial charge is 0.353 e. The van der Waals surface area contributed by atoms with Gasteiger partial charge < -0.3 is 18.9 Å². The van der Waals surface area contributed by atoms with Crippen LogP contribution >= 0.6 is 0 Å². The molecule has 4 nitrogen and oxygen atoms in total.